The number of hydrogen-bond acceptors (Lipinski definition) is 3. The Bertz CT molecular complexity index is 98.1. The molecule has 36 valence electrons. The SMILES string of the molecule is O=S(=O)([O-])[Se-].[Cd+2].[Zr]. The average molecular weight is 363 g/mol. The van der Waals surface area contributed by atoms with Crippen LogP contribution in [0.5, 0.6) is 0 Å². The molecule has 0 rings (SSSR count). The summed E-state index contributed by atoms with van der Waals surface area (Å²) in [4.78, 5) is 0. The molecule has 0 heterocycles. The molecule has 0 aromatic heterocycles. The average Bonchev–Trinajstić information content (AvgIpc) is 0.722. The van der Waals surface area contributed by atoms with Crippen molar-refractivity contribution in [3.8, 4) is 0 Å². The van der Waals surface area contributed by atoms with Gasteiger partial charge in [-0.3, -0.25) is 0 Å². The number of hydrogen-bond donors (Lipinski definition) is 0. The van der Waals surface area contributed by atoms with Crippen LogP contribution in [0.4, 0.5) is 0 Å². The molecule has 0 aliphatic rings. The maximum Gasteiger partial charge on any atom is 2.00 e. The van der Waals surface area contributed by atoms with Gasteiger partial charge in [0.15, 0.2) is 0 Å². The van der Waals surface area contributed by atoms with Crippen molar-refractivity contribution in [1.29, 1.82) is 0 Å². The zero-order valence-corrected chi connectivity index (χ0v) is 12.3. The van der Waals surface area contributed by atoms with Crippen molar-refractivity contribution in [2.45, 2.75) is 0 Å². The first-order valence-electron chi connectivity index (χ1n) is 0.667. The standard InChI is InChI=1S/Cd.H2O3SSe.Zr/c;1-4(2,3)5;/h;(H2,1,2,3,5);/q+2;;/p-2. The third-order valence-electron chi connectivity index (χ3n) is 0. The minimum Gasteiger partial charge on any atom is 0 e. The van der Waals surface area contributed by atoms with Gasteiger partial charge in [0.05, 0.1) is 0 Å². The predicted octanol–water partition coefficient (Wildman–Crippen LogP) is -1.39. The third-order valence-corrected chi connectivity index (χ3v) is 0. The molecule has 0 saturated heterocycles. The molecular formula is CdO3SSeZr. The summed E-state index contributed by atoms with van der Waals surface area (Å²) in [5, 5.41) is 0. The summed E-state index contributed by atoms with van der Waals surface area (Å²) in [6.07, 6.45) is 0. The maximum absolute atomic E-state index is 9.02. The van der Waals surface area contributed by atoms with Crippen LogP contribution in [0, 0.1) is 0 Å². The largest absolute Gasteiger partial charge is 2.00 e. The first kappa shape index (κ1) is 16.1. The first-order chi connectivity index (χ1) is 2.00. The van der Waals surface area contributed by atoms with E-state index < -0.39 is 8.54 Å². The van der Waals surface area contributed by atoms with Crippen LogP contribution in [0.3, 0.4) is 0 Å². The Balaban J connectivity index is -0.0000000800. The predicted molar refractivity (Wildman–Crippen MR) is 15.5 cm³/mol. The van der Waals surface area contributed by atoms with Crippen molar-refractivity contribution in [3.05, 3.63) is 0 Å². The van der Waals surface area contributed by atoms with Gasteiger partial charge in [-0.1, -0.05) is 0 Å². The Morgan fingerprint density at radius 1 is 1.43 bits per heavy atom. The van der Waals surface area contributed by atoms with E-state index >= 15 is 0 Å². The summed E-state index contributed by atoms with van der Waals surface area (Å²) < 4.78 is 27.1. The molecule has 0 radical (unpaired) electrons. The van der Waals surface area contributed by atoms with Gasteiger partial charge in [0.25, 0.3) is 0 Å². The first-order valence-corrected chi connectivity index (χ1v) is 4.10. The summed E-state index contributed by atoms with van der Waals surface area (Å²) in [6.45, 7) is 0. The van der Waals surface area contributed by atoms with E-state index in [9.17, 15) is 0 Å². The van der Waals surface area contributed by atoms with Gasteiger partial charge >= 0.3 is 63.7 Å². The van der Waals surface area contributed by atoms with Crippen LogP contribution in [0.1, 0.15) is 0 Å². The number of rotatable bonds is 0. The second-order valence-electron chi connectivity index (χ2n) is 0.408. The van der Waals surface area contributed by atoms with Gasteiger partial charge in [0.1, 0.15) is 0 Å². The zero-order valence-electron chi connectivity index (χ0n) is 3.25. The normalized spacial score (nSPS) is 8.29. The minimum atomic E-state index is -4.04. The second kappa shape index (κ2) is 6.36. The summed E-state index contributed by atoms with van der Waals surface area (Å²) in [6, 6.07) is 0. The van der Waals surface area contributed by atoms with E-state index in [1.54, 1.807) is 0 Å². The second-order valence-corrected chi connectivity index (χ2v) is 3.79. The van der Waals surface area contributed by atoms with Crippen LogP contribution in [-0.2, 0) is 62.0 Å². The van der Waals surface area contributed by atoms with Crippen molar-refractivity contribution in [3.63, 3.8) is 0 Å². The van der Waals surface area contributed by atoms with Crippen molar-refractivity contribution >= 4 is 23.4 Å². The summed E-state index contributed by atoms with van der Waals surface area (Å²) in [7, 11) is -4.04. The molecule has 0 aliphatic carbocycles. The Labute approximate surface area is 88.5 Å². The van der Waals surface area contributed by atoms with Crippen LogP contribution < -0.4 is 0 Å². The summed E-state index contributed by atoms with van der Waals surface area (Å²) in [5.74, 6) is 0. The molecule has 0 saturated carbocycles. The van der Waals surface area contributed by atoms with E-state index in [0.29, 0.717) is 0 Å². The molecule has 0 atom stereocenters. The Hall–Kier alpha value is 2.23. The third kappa shape index (κ3) is 64.1. The smallest absolute Gasteiger partial charge is 0 e. The molecule has 0 N–H and O–H groups in total. The van der Waals surface area contributed by atoms with Crippen LogP contribution in [0.15, 0.2) is 0 Å². The van der Waals surface area contributed by atoms with Crippen LogP contribution in [0.25, 0.3) is 0 Å². The van der Waals surface area contributed by atoms with Crippen LogP contribution >= 0.6 is 0 Å². The fourth-order valence-electron chi connectivity index (χ4n) is 0. The molecule has 0 aromatic carbocycles. The molecular weight excluding hydrogens is 363 g/mol. The molecule has 7 heavy (non-hydrogen) atoms. The molecule has 0 aliphatic heterocycles. The maximum atomic E-state index is 9.02. The summed E-state index contributed by atoms with van der Waals surface area (Å²) >= 11 is 1.40. The van der Waals surface area contributed by atoms with Crippen LogP contribution in [-0.4, -0.2) is 27.9 Å². The van der Waals surface area contributed by atoms with Crippen molar-refractivity contribution < 1.29 is 66.5 Å². The van der Waals surface area contributed by atoms with Crippen molar-refractivity contribution in [2.24, 2.45) is 0 Å². The van der Waals surface area contributed by atoms with E-state index in [1.807, 2.05) is 0 Å². The molecule has 0 bridgehead atoms. The van der Waals surface area contributed by atoms with Gasteiger partial charge < -0.3 is 0 Å². The quantitative estimate of drug-likeness (QED) is 0.394. The Morgan fingerprint density at radius 2 is 1.43 bits per heavy atom. The molecule has 0 unspecified atom stereocenters. The van der Waals surface area contributed by atoms with Gasteiger partial charge in [-0.05, 0) is 0 Å². The molecule has 3 nitrogen and oxygen atoms in total. The monoisotopic (exact) mass is 364 g/mol. The van der Waals surface area contributed by atoms with E-state index in [-0.39, 0.29) is 53.5 Å². The molecule has 7 heteroatoms. The van der Waals surface area contributed by atoms with Crippen LogP contribution in [0.2, 0.25) is 0 Å². The zero-order chi connectivity index (χ0) is 4.50. The van der Waals surface area contributed by atoms with Gasteiger partial charge in [0, 0.05) is 26.2 Å². The van der Waals surface area contributed by atoms with E-state index in [0.717, 1.165) is 0 Å². The summed E-state index contributed by atoms with van der Waals surface area (Å²) in [5.41, 5.74) is 0. The molecule has 0 aromatic rings. The van der Waals surface area contributed by atoms with E-state index in [1.165, 1.54) is 14.9 Å². The minimum absolute atomic E-state index is 0. The Kier molecular flexibility index (Phi) is 14.6. The van der Waals surface area contributed by atoms with Gasteiger partial charge in [-0.2, -0.15) is 0 Å². The van der Waals surface area contributed by atoms with Gasteiger partial charge in [-0.25, -0.2) is 0 Å². The molecule has 0 fully saturated rings. The Morgan fingerprint density at radius 3 is 1.43 bits per heavy atom. The topological polar surface area (TPSA) is 57.2 Å². The molecule has 0 spiro atoms. The van der Waals surface area contributed by atoms with Crippen molar-refractivity contribution in [2.75, 3.05) is 0 Å². The van der Waals surface area contributed by atoms with Gasteiger partial charge in [-0.15, -0.1) is 0 Å². The van der Waals surface area contributed by atoms with Gasteiger partial charge in [0.2, 0.25) is 0 Å². The molecule has 0 amide bonds. The van der Waals surface area contributed by atoms with Crippen molar-refractivity contribution in [1.82, 2.24) is 0 Å². The van der Waals surface area contributed by atoms with E-state index in [4.69, 9.17) is 13.0 Å². The van der Waals surface area contributed by atoms with E-state index in [2.05, 4.69) is 0 Å². The fourth-order valence-corrected chi connectivity index (χ4v) is 0. The fraction of sp³-hybridized carbons (Fsp3) is 0.